The molecule has 0 aromatic heterocycles. The molecule has 0 radical (unpaired) electrons. The fraction of sp³-hybridized carbons (Fsp3) is 0.667. The molecular weight excluding hydrogens is 262 g/mol. The van der Waals surface area contributed by atoms with Crippen LogP contribution in [0.1, 0.15) is 51.2 Å². The van der Waals surface area contributed by atoms with Gasteiger partial charge in [0.15, 0.2) is 0 Å². The molecule has 0 bridgehead atoms. The molecule has 0 fully saturated rings. The Morgan fingerprint density at radius 2 is 1.95 bits per heavy atom. The maximum atomic E-state index is 9.54. The van der Waals surface area contributed by atoms with Crippen molar-refractivity contribution in [3.63, 3.8) is 0 Å². The minimum absolute atomic E-state index is 0.170. The van der Waals surface area contributed by atoms with Gasteiger partial charge in [-0.15, -0.1) is 0 Å². The zero-order valence-electron chi connectivity index (χ0n) is 14.2. The molecule has 1 aromatic rings. The molecule has 1 rings (SSSR count). The number of nitrogens with one attached hydrogen (secondary N) is 1. The number of aliphatic hydroxyl groups excluding tert-OH is 1. The maximum absolute atomic E-state index is 9.54. The first-order valence-electron chi connectivity index (χ1n) is 7.95. The number of hydrogen-bond donors (Lipinski definition) is 2. The van der Waals surface area contributed by atoms with Gasteiger partial charge in [-0.2, -0.15) is 0 Å². The van der Waals surface area contributed by atoms with Gasteiger partial charge in [-0.25, -0.2) is 0 Å². The van der Waals surface area contributed by atoms with E-state index in [0.29, 0.717) is 6.04 Å². The minimum atomic E-state index is -0.187. The topological polar surface area (TPSA) is 41.5 Å². The van der Waals surface area contributed by atoms with Gasteiger partial charge in [0.2, 0.25) is 0 Å². The average molecular weight is 293 g/mol. The van der Waals surface area contributed by atoms with Gasteiger partial charge in [-0.1, -0.05) is 26.0 Å². The lowest BCUT2D eigenvalue weighted by molar-refractivity contribution is 0.152. The highest BCUT2D eigenvalue weighted by atomic mass is 16.5. The summed E-state index contributed by atoms with van der Waals surface area (Å²) in [4.78, 5) is 0. The van der Waals surface area contributed by atoms with Crippen LogP contribution in [-0.2, 0) is 0 Å². The first-order chi connectivity index (χ1) is 9.88. The van der Waals surface area contributed by atoms with Gasteiger partial charge < -0.3 is 15.2 Å². The van der Waals surface area contributed by atoms with E-state index in [4.69, 9.17) is 4.74 Å². The first kappa shape index (κ1) is 18.0. The van der Waals surface area contributed by atoms with Crippen LogP contribution in [0.3, 0.4) is 0 Å². The zero-order chi connectivity index (χ0) is 15.9. The highest BCUT2D eigenvalue weighted by molar-refractivity contribution is 5.38. The third kappa shape index (κ3) is 6.06. The van der Waals surface area contributed by atoms with Gasteiger partial charge in [0, 0.05) is 11.6 Å². The van der Waals surface area contributed by atoms with E-state index in [1.54, 1.807) is 0 Å². The molecule has 1 atom stereocenters. The Bertz CT molecular complexity index is 431. The van der Waals surface area contributed by atoms with Crippen molar-refractivity contribution in [1.82, 2.24) is 5.32 Å². The van der Waals surface area contributed by atoms with Crippen molar-refractivity contribution in [2.45, 2.75) is 65.5 Å². The van der Waals surface area contributed by atoms with Crippen LogP contribution in [0.25, 0.3) is 0 Å². The number of benzene rings is 1. The van der Waals surface area contributed by atoms with E-state index in [-0.39, 0.29) is 12.1 Å². The second-order valence-corrected chi connectivity index (χ2v) is 6.52. The number of aliphatic hydroxyl groups is 1. The van der Waals surface area contributed by atoms with Crippen LogP contribution >= 0.6 is 0 Å². The van der Waals surface area contributed by atoms with Gasteiger partial charge in [-0.05, 0) is 57.2 Å². The van der Waals surface area contributed by atoms with Crippen LogP contribution in [0.15, 0.2) is 18.2 Å². The summed E-state index contributed by atoms with van der Waals surface area (Å²) in [5.41, 5.74) is 2.30. The van der Waals surface area contributed by atoms with Crippen molar-refractivity contribution >= 4 is 0 Å². The maximum Gasteiger partial charge on any atom is 0.122 e. The quantitative estimate of drug-likeness (QED) is 0.684. The van der Waals surface area contributed by atoms with E-state index in [1.165, 1.54) is 11.1 Å². The predicted octanol–water partition coefficient (Wildman–Crippen LogP) is 3.60. The molecule has 0 amide bonds. The van der Waals surface area contributed by atoms with Crippen LogP contribution in [0.2, 0.25) is 0 Å². The van der Waals surface area contributed by atoms with Gasteiger partial charge >= 0.3 is 0 Å². The molecule has 0 aliphatic carbocycles. The third-order valence-corrected chi connectivity index (χ3v) is 3.92. The average Bonchev–Trinajstić information content (AvgIpc) is 2.42. The van der Waals surface area contributed by atoms with Gasteiger partial charge in [0.25, 0.3) is 0 Å². The normalized spacial score (nSPS) is 14.2. The molecule has 0 saturated heterocycles. The molecule has 0 aliphatic heterocycles. The predicted molar refractivity (Wildman–Crippen MR) is 89.0 cm³/mol. The summed E-state index contributed by atoms with van der Waals surface area (Å²) < 4.78 is 5.86. The van der Waals surface area contributed by atoms with Crippen molar-refractivity contribution in [2.75, 3.05) is 13.2 Å². The van der Waals surface area contributed by atoms with Crippen LogP contribution < -0.4 is 10.1 Å². The Kier molecular flexibility index (Phi) is 7.20. The molecule has 0 aliphatic rings. The fourth-order valence-electron chi connectivity index (χ4n) is 2.57. The molecular formula is C18H31NO2. The lowest BCUT2D eigenvalue weighted by Crippen LogP contribution is -2.49. The molecule has 3 heteroatoms. The summed E-state index contributed by atoms with van der Waals surface area (Å²) in [6.07, 6.45) is 3.00. The molecule has 0 spiro atoms. The number of aryl methyl sites for hydroxylation is 1. The lowest BCUT2D eigenvalue weighted by atomic mass is 9.95. The minimum Gasteiger partial charge on any atom is -0.493 e. The molecule has 1 aromatic carbocycles. The smallest absolute Gasteiger partial charge is 0.122 e. The Morgan fingerprint density at radius 1 is 1.24 bits per heavy atom. The van der Waals surface area contributed by atoms with Crippen molar-refractivity contribution < 1.29 is 9.84 Å². The van der Waals surface area contributed by atoms with Gasteiger partial charge in [0.05, 0.1) is 13.2 Å². The van der Waals surface area contributed by atoms with E-state index >= 15 is 0 Å². The molecule has 0 saturated carbocycles. The Balaban J connectivity index is 2.32. The van der Waals surface area contributed by atoms with Crippen molar-refractivity contribution in [1.29, 1.82) is 0 Å². The summed E-state index contributed by atoms with van der Waals surface area (Å²) in [7, 11) is 0. The Morgan fingerprint density at radius 3 is 2.57 bits per heavy atom. The summed E-state index contributed by atoms with van der Waals surface area (Å²) in [5.74, 6) is 0.986. The third-order valence-electron chi connectivity index (χ3n) is 3.92. The number of rotatable bonds is 9. The largest absolute Gasteiger partial charge is 0.493 e. The second-order valence-electron chi connectivity index (χ2n) is 6.52. The Labute approximate surface area is 129 Å². The lowest BCUT2D eigenvalue weighted by Gasteiger charge is -2.31. The van der Waals surface area contributed by atoms with Gasteiger partial charge in [-0.3, -0.25) is 0 Å². The second kappa shape index (κ2) is 8.40. The first-order valence-corrected chi connectivity index (χ1v) is 7.95. The highest BCUT2D eigenvalue weighted by Crippen LogP contribution is 2.21. The van der Waals surface area contributed by atoms with E-state index in [1.807, 2.05) is 12.1 Å². The van der Waals surface area contributed by atoms with E-state index in [2.05, 4.69) is 46.0 Å². The van der Waals surface area contributed by atoms with Crippen LogP contribution in [0.5, 0.6) is 5.75 Å². The van der Waals surface area contributed by atoms with E-state index in [0.717, 1.165) is 31.6 Å². The van der Waals surface area contributed by atoms with Crippen molar-refractivity contribution in [3.8, 4) is 5.75 Å². The summed E-state index contributed by atoms with van der Waals surface area (Å²) in [6.45, 7) is 11.4. The van der Waals surface area contributed by atoms with E-state index < -0.39 is 0 Å². The van der Waals surface area contributed by atoms with Crippen LogP contribution in [0, 0.1) is 13.8 Å². The molecule has 0 heterocycles. The van der Waals surface area contributed by atoms with Crippen molar-refractivity contribution in [3.05, 3.63) is 29.3 Å². The van der Waals surface area contributed by atoms with Crippen LogP contribution in [-0.4, -0.2) is 29.9 Å². The van der Waals surface area contributed by atoms with E-state index in [9.17, 15) is 5.11 Å². The molecule has 3 nitrogen and oxygen atoms in total. The summed E-state index contributed by atoms with van der Waals surface area (Å²) in [6, 6.07) is 6.55. The fourth-order valence-corrected chi connectivity index (χ4v) is 2.57. The number of ether oxygens (including phenoxy) is 1. The monoisotopic (exact) mass is 293 g/mol. The number of hydrogen-bond acceptors (Lipinski definition) is 3. The van der Waals surface area contributed by atoms with Crippen LogP contribution in [0.4, 0.5) is 0 Å². The summed E-state index contributed by atoms with van der Waals surface area (Å²) >= 11 is 0. The SMILES string of the molecule is Cc1cccc(OCCCCC(C)(CO)NC(C)C)c1C. The highest BCUT2D eigenvalue weighted by Gasteiger charge is 2.22. The Hall–Kier alpha value is -1.06. The molecule has 120 valence electrons. The molecule has 2 N–H and O–H groups in total. The zero-order valence-corrected chi connectivity index (χ0v) is 14.2. The van der Waals surface area contributed by atoms with Crippen molar-refractivity contribution in [2.24, 2.45) is 0 Å². The summed E-state index contributed by atoms with van der Waals surface area (Å²) in [5, 5.41) is 13.0. The molecule has 1 unspecified atom stereocenters. The number of unbranched alkanes of at least 4 members (excludes halogenated alkanes) is 1. The van der Waals surface area contributed by atoms with Gasteiger partial charge in [0.1, 0.15) is 5.75 Å². The molecule has 21 heavy (non-hydrogen) atoms. The standard InChI is InChI=1S/C18H31NO2/c1-14(2)19-18(5,13-20)11-6-7-12-21-17-10-8-9-15(3)16(17)4/h8-10,14,19-20H,6-7,11-13H2,1-5H3.